The topological polar surface area (TPSA) is 93.7 Å². The Bertz CT molecular complexity index is 968. The lowest BCUT2D eigenvalue weighted by Crippen LogP contribution is -2.51. The largest absolute Gasteiger partial charge is 0.490 e. The van der Waals surface area contributed by atoms with Gasteiger partial charge in [0.1, 0.15) is 12.2 Å². The Balaban J connectivity index is 1.83. The molecule has 0 unspecified atom stereocenters. The summed E-state index contributed by atoms with van der Waals surface area (Å²) in [6.45, 7) is 6.74. The first kappa shape index (κ1) is 20.1. The number of barbiturate groups is 1. The van der Waals surface area contributed by atoms with Gasteiger partial charge in [0.05, 0.1) is 6.61 Å². The van der Waals surface area contributed by atoms with Gasteiger partial charge in [-0.25, -0.2) is 4.79 Å². The van der Waals surface area contributed by atoms with Crippen LogP contribution in [-0.2, 0) is 16.2 Å². The Kier molecular flexibility index (Phi) is 5.97. The second-order valence-electron chi connectivity index (χ2n) is 6.72. The lowest BCUT2D eigenvalue weighted by molar-refractivity contribution is -0.123. The Morgan fingerprint density at radius 1 is 0.862 bits per heavy atom. The van der Waals surface area contributed by atoms with Crippen LogP contribution in [0.3, 0.4) is 0 Å². The lowest BCUT2D eigenvalue weighted by Gasteiger charge is -2.15. The van der Waals surface area contributed by atoms with E-state index in [1.165, 1.54) is 6.08 Å². The second-order valence-corrected chi connectivity index (χ2v) is 6.72. The van der Waals surface area contributed by atoms with Gasteiger partial charge in [0, 0.05) is 0 Å². The number of aryl methyl sites for hydroxylation is 2. The number of urea groups is 1. The zero-order valence-electron chi connectivity index (χ0n) is 16.5. The molecule has 1 aliphatic heterocycles. The zero-order chi connectivity index (χ0) is 21.0. The normalized spacial score (nSPS) is 13.6. The molecule has 0 aliphatic carbocycles. The van der Waals surface area contributed by atoms with E-state index < -0.39 is 17.8 Å². The monoisotopic (exact) mass is 394 g/mol. The van der Waals surface area contributed by atoms with Gasteiger partial charge >= 0.3 is 6.03 Å². The SMILES string of the molecule is CCOc1cc(C=C2C(=O)NC(=O)NC2=O)ccc1OCc1cc(C)cc(C)c1. The van der Waals surface area contributed by atoms with Gasteiger partial charge in [-0.3, -0.25) is 20.2 Å². The number of amides is 4. The molecule has 150 valence electrons. The van der Waals surface area contributed by atoms with Crippen LogP contribution in [0.5, 0.6) is 11.5 Å². The van der Waals surface area contributed by atoms with Crippen molar-refractivity contribution in [1.29, 1.82) is 0 Å². The third-order valence-electron chi connectivity index (χ3n) is 4.20. The summed E-state index contributed by atoms with van der Waals surface area (Å²) < 4.78 is 11.6. The van der Waals surface area contributed by atoms with Crippen molar-refractivity contribution >= 4 is 23.9 Å². The Morgan fingerprint density at radius 3 is 2.14 bits per heavy atom. The van der Waals surface area contributed by atoms with Gasteiger partial charge in [0.2, 0.25) is 0 Å². The van der Waals surface area contributed by atoms with E-state index in [9.17, 15) is 14.4 Å². The number of hydrogen-bond donors (Lipinski definition) is 2. The van der Waals surface area contributed by atoms with Crippen LogP contribution in [0.2, 0.25) is 0 Å². The van der Waals surface area contributed by atoms with E-state index in [4.69, 9.17) is 9.47 Å². The molecule has 1 aliphatic rings. The lowest BCUT2D eigenvalue weighted by atomic mass is 10.1. The highest BCUT2D eigenvalue weighted by Crippen LogP contribution is 2.30. The maximum absolute atomic E-state index is 11.9. The van der Waals surface area contributed by atoms with Crippen LogP contribution in [0.4, 0.5) is 4.79 Å². The van der Waals surface area contributed by atoms with Crippen LogP contribution in [-0.4, -0.2) is 24.5 Å². The first-order valence-electron chi connectivity index (χ1n) is 9.21. The molecule has 7 heteroatoms. The minimum absolute atomic E-state index is 0.157. The van der Waals surface area contributed by atoms with Crippen molar-refractivity contribution in [2.75, 3.05) is 6.61 Å². The summed E-state index contributed by atoms with van der Waals surface area (Å²) in [7, 11) is 0. The molecule has 1 heterocycles. The van der Waals surface area contributed by atoms with Crippen molar-refractivity contribution in [3.05, 3.63) is 64.2 Å². The molecule has 0 saturated carbocycles. The number of rotatable bonds is 6. The van der Waals surface area contributed by atoms with E-state index >= 15 is 0 Å². The summed E-state index contributed by atoms with van der Waals surface area (Å²) in [5.41, 5.74) is 3.80. The first-order valence-corrected chi connectivity index (χ1v) is 9.21. The molecule has 3 rings (SSSR count). The molecule has 2 aromatic rings. The third-order valence-corrected chi connectivity index (χ3v) is 4.20. The van der Waals surface area contributed by atoms with Crippen molar-refractivity contribution in [3.63, 3.8) is 0 Å². The van der Waals surface area contributed by atoms with E-state index in [1.54, 1.807) is 18.2 Å². The average molecular weight is 394 g/mol. The number of imide groups is 2. The summed E-state index contributed by atoms with van der Waals surface area (Å²) in [4.78, 5) is 35.0. The average Bonchev–Trinajstić information content (AvgIpc) is 2.63. The Hall–Kier alpha value is -3.61. The highest BCUT2D eigenvalue weighted by molar-refractivity contribution is 6.31. The minimum Gasteiger partial charge on any atom is -0.490 e. The van der Waals surface area contributed by atoms with Crippen LogP contribution in [0.15, 0.2) is 42.0 Å². The fraction of sp³-hybridized carbons (Fsp3) is 0.227. The van der Waals surface area contributed by atoms with Gasteiger partial charge in [-0.2, -0.15) is 0 Å². The molecule has 2 N–H and O–H groups in total. The Labute approximate surface area is 168 Å². The minimum atomic E-state index is -0.831. The molecule has 0 radical (unpaired) electrons. The van der Waals surface area contributed by atoms with Crippen molar-refractivity contribution < 1.29 is 23.9 Å². The van der Waals surface area contributed by atoms with Gasteiger partial charge in [0.15, 0.2) is 11.5 Å². The van der Waals surface area contributed by atoms with Crippen LogP contribution < -0.4 is 20.1 Å². The number of benzene rings is 2. The standard InChI is InChI=1S/C22H22N2O5/c1-4-28-19-11-15(10-17-20(25)23-22(27)24-21(17)26)5-6-18(19)29-12-16-8-13(2)7-14(3)9-16/h5-11H,4,12H2,1-3H3,(H2,23,24,25,26,27). The van der Waals surface area contributed by atoms with Gasteiger partial charge in [-0.15, -0.1) is 0 Å². The number of nitrogens with one attached hydrogen (secondary N) is 2. The number of hydrogen-bond acceptors (Lipinski definition) is 5. The summed E-state index contributed by atoms with van der Waals surface area (Å²) >= 11 is 0. The van der Waals surface area contributed by atoms with E-state index in [-0.39, 0.29) is 5.57 Å². The van der Waals surface area contributed by atoms with Crippen molar-refractivity contribution in [3.8, 4) is 11.5 Å². The maximum atomic E-state index is 11.9. The van der Waals surface area contributed by atoms with Crippen LogP contribution in [0, 0.1) is 13.8 Å². The molecule has 1 saturated heterocycles. The molecular weight excluding hydrogens is 372 g/mol. The predicted molar refractivity (Wildman–Crippen MR) is 108 cm³/mol. The first-order chi connectivity index (χ1) is 13.9. The van der Waals surface area contributed by atoms with Gasteiger partial charge in [0.25, 0.3) is 11.8 Å². The Morgan fingerprint density at radius 2 is 1.52 bits per heavy atom. The van der Waals surface area contributed by atoms with E-state index in [1.807, 2.05) is 31.4 Å². The highest BCUT2D eigenvalue weighted by atomic mass is 16.5. The molecule has 0 atom stereocenters. The predicted octanol–water partition coefficient (Wildman–Crippen LogP) is 3.03. The van der Waals surface area contributed by atoms with E-state index in [0.29, 0.717) is 30.3 Å². The number of carbonyl (C=O) groups is 3. The molecule has 4 amide bonds. The van der Waals surface area contributed by atoms with Crippen LogP contribution in [0.1, 0.15) is 29.2 Å². The van der Waals surface area contributed by atoms with Gasteiger partial charge < -0.3 is 9.47 Å². The number of ether oxygens (including phenoxy) is 2. The van der Waals surface area contributed by atoms with Crippen molar-refractivity contribution in [1.82, 2.24) is 10.6 Å². The van der Waals surface area contributed by atoms with Crippen molar-refractivity contribution in [2.45, 2.75) is 27.4 Å². The molecule has 7 nitrogen and oxygen atoms in total. The smallest absolute Gasteiger partial charge is 0.328 e. The molecule has 0 spiro atoms. The van der Waals surface area contributed by atoms with E-state index in [0.717, 1.165) is 16.7 Å². The van der Waals surface area contributed by atoms with Crippen LogP contribution >= 0.6 is 0 Å². The summed E-state index contributed by atoms with van der Waals surface area (Å²) in [6.07, 6.45) is 1.40. The third kappa shape index (κ3) is 5.01. The van der Waals surface area contributed by atoms with Crippen molar-refractivity contribution in [2.24, 2.45) is 0 Å². The van der Waals surface area contributed by atoms with Gasteiger partial charge in [-0.1, -0.05) is 35.4 Å². The molecule has 0 bridgehead atoms. The second kappa shape index (κ2) is 8.60. The summed E-state index contributed by atoms with van der Waals surface area (Å²) in [6, 6.07) is 10.5. The number of carbonyl (C=O) groups excluding carboxylic acids is 3. The molecule has 0 aromatic heterocycles. The van der Waals surface area contributed by atoms with Crippen LogP contribution in [0.25, 0.3) is 6.08 Å². The fourth-order valence-electron chi connectivity index (χ4n) is 3.09. The summed E-state index contributed by atoms with van der Waals surface area (Å²) in [5, 5.41) is 4.09. The zero-order valence-corrected chi connectivity index (χ0v) is 16.5. The molecular formula is C22H22N2O5. The maximum Gasteiger partial charge on any atom is 0.328 e. The highest BCUT2D eigenvalue weighted by Gasteiger charge is 2.27. The van der Waals surface area contributed by atoms with Gasteiger partial charge in [-0.05, 0) is 50.1 Å². The van der Waals surface area contributed by atoms with E-state index in [2.05, 4.69) is 18.2 Å². The fourth-order valence-corrected chi connectivity index (χ4v) is 3.09. The quantitative estimate of drug-likeness (QED) is 0.580. The summed E-state index contributed by atoms with van der Waals surface area (Å²) in [5.74, 6) is -0.432. The molecule has 2 aromatic carbocycles. The molecule has 29 heavy (non-hydrogen) atoms. The molecule has 1 fully saturated rings.